The predicted molar refractivity (Wildman–Crippen MR) is 79.4 cm³/mol. The molecule has 0 radical (unpaired) electrons. The van der Waals surface area contributed by atoms with E-state index in [1.807, 2.05) is 0 Å². The number of rotatable bonds is 7. The number of hydrogen-bond acceptors (Lipinski definition) is 5. The third-order valence-electron chi connectivity index (χ3n) is 3.17. The molecule has 0 aromatic carbocycles. The molecular formula is C13H20N4O3S. The van der Waals surface area contributed by atoms with Gasteiger partial charge in [0.1, 0.15) is 5.01 Å². The van der Waals surface area contributed by atoms with Gasteiger partial charge in [-0.3, -0.25) is 10.1 Å². The summed E-state index contributed by atoms with van der Waals surface area (Å²) in [4.78, 5) is 22.7. The van der Waals surface area contributed by atoms with Crippen molar-refractivity contribution in [3.05, 3.63) is 5.01 Å². The molecule has 0 spiro atoms. The summed E-state index contributed by atoms with van der Waals surface area (Å²) in [7, 11) is 0. The van der Waals surface area contributed by atoms with Gasteiger partial charge in [-0.2, -0.15) is 0 Å². The number of aromatic nitrogens is 2. The average Bonchev–Trinajstić information content (AvgIpc) is 3.11. The van der Waals surface area contributed by atoms with Crippen molar-refractivity contribution >= 4 is 28.5 Å². The van der Waals surface area contributed by atoms with E-state index >= 15 is 0 Å². The Bertz CT molecular complexity index is 513. The Kier molecular flexibility index (Phi) is 5.11. The minimum absolute atomic E-state index is 0.0488. The van der Waals surface area contributed by atoms with E-state index in [9.17, 15) is 9.59 Å². The van der Waals surface area contributed by atoms with E-state index in [0.29, 0.717) is 11.0 Å². The van der Waals surface area contributed by atoms with E-state index < -0.39 is 12.0 Å². The van der Waals surface area contributed by atoms with Crippen LogP contribution in [0.1, 0.15) is 38.1 Å². The van der Waals surface area contributed by atoms with Crippen molar-refractivity contribution in [1.82, 2.24) is 15.5 Å². The van der Waals surface area contributed by atoms with Gasteiger partial charge in [0.25, 0.3) is 0 Å². The average molecular weight is 312 g/mol. The van der Waals surface area contributed by atoms with Gasteiger partial charge in [-0.1, -0.05) is 25.2 Å². The summed E-state index contributed by atoms with van der Waals surface area (Å²) in [6.45, 7) is 4.18. The van der Waals surface area contributed by atoms with Crippen molar-refractivity contribution in [2.24, 2.45) is 11.8 Å². The molecule has 3 N–H and O–H groups in total. The fourth-order valence-corrected chi connectivity index (χ4v) is 3.01. The van der Waals surface area contributed by atoms with Crippen LogP contribution in [0.2, 0.25) is 0 Å². The number of hydrogen-bond donors (Lipinski definition) is 3. The number of carbonyl (C=O) groups excluding carboxylic acids is 1. The molecule has 1 heterocycles. The predicted octanol–water partition coefficient (Wildman–Crippen LogP) is 2.11. The summed E-state index contributed by atoms with van der Waals surface area (Å²) in [6.07, 6.45) is 2.71. The van der Waals surface area contributed by atoms with Gasteiger partial charge in [-0.25, -0.2) is 4.79 Å². The Morgan fingerprint density at radius 1 is 1.38 bits per heavy atom. The van der Waals surface area contributed by atoms with Gasteiger partial charge < -0.3 is 10.4 Å². The second kappa shape index (κ2) is 6.84. The Hall–Kier alpha value is -1.70. The molecule has 0 bridgehead atoms. The Morgan fingerprint density at radius 2 is 2.10 bits per heavy atom. The minimum Gasteiger partial charge on any atom is -0.481 e. The van der Waals surface area contributed by atoms with E-state index in [1.165, 1.54) is 11.3 Å². The molecule has 0 aliphatic heterocycles. The second-order valence-electron chi connectivity index (χ2n) is 5.74. The third kappa shape index (κ3) is 5.30. The van der Waals surface area contributed by atoms with Crippen molar-refractivity contribution in [3.63, 3.8) is 0 Å². The van der Waals surface area contributed by atoms with Crippen molar-refractivity contribution in [2.45, 2.75) is 45.6 Å². The van der Waals surface area contributed by atoms with Crippen LogP contribution in [0.4, 0.5) is 9.93 Å². The highest BCUT2D eigenvalue weighted by molar-refractivity contribution is 7.15. The molecule has 1 aliphatic carbocycles. The number of amides is 2. The monoisotopic (exact) mass is 312 g/mol. The first-order valence-electron chi connectivity index (χ1n) is 7.05. The van der Waals surface area contributed by atoms with E-state index in [1.54, 1.807) is 0 Å². The van der Waals surface area contributed by atoms with Crippen LogP contribution in [0.3, 0.4) is 0 Å². The molecule has 0 saturated heterocycles. The van der Waals surface area contributed by atoms with Crippen molar-refractivity contribution in [2.75, 3.05) is 5.32 Å². The lowest BCUT2D eigenvalue weighted by molar-refractivity contribution is -0.137. The Balaban J connectivity index is 1.85. The summed E-state index contributed by atoms with van der Waals surface area (Å²) in [5.41, 5.74) is 0. The highest BCUT2D eigenvalue weighted by Gasteiger charge is 2.33. The Morgan fingerprint density at radius 3 is 2.67 bits per heavy atom. The molecule has 8 heteroatoms. The summed E-state index contributed by atoms with van der Waals surface area (Å²) in [5, 5.41) is 23.5. The van der Waals surface area contributed by atoms with Gasteiger partial charge in [0.2, 0.25) is 5.13 Å². The standard InChI is InChI=1S/C13H20N4O3S/c1-7(2)5-10-16-17-13(21-10)15-12(20)14-9(6-11(18)19)8-3-4-8/h7-9H,3-6H2,1-2H3,(H,18,19)(H2,14,15,17,20). The smallest absolute Gasteiger partial charge is 0.321 e. The van der Waals surface area contributed by atoms with E-state index in [2.05, 4.69) is 34.7 Å². The number of aliphatic carboxylic acids is 1. The summed E-state index contributed by atoms with van der Waals surface area (Å²) < 4.78 is 0. The zero-order chi connectivity index (χ0) is 15.4. The zero-order valence-corrected chi connectivity index (χ0v) is 12.9. The maximum Gasteiger partial charge on any atom is 0.321 e. The Labute approximate surface area is 127 Å². The first-order valence-corrected chi connectivity index (χ1v) is 7.87. The topological polar surface area (TPSA) is 104 Å². The highest BCUT2D eigenvalue weighted by Crippen LogP contribution is 2.34. The van der Waals surface area contributed by atoms with Crippen LogP contribution >= 0.6 is 11.3 Å². The largest absolute Gasteiger partial charge is 0.481 e. The summed E-state index contributed by atoms with van der Waals surface area (Å²) >= 11 is 1.34. The number of urea groups is 1. The van der Waals surface area contributed by atoms with Crippen LogP contribution in [0.25, 0.3) is 0 Å². The lowest BCUT2D eigenvalue weighted by atomic mass is 10.1. The van der Waals surface area contributed by atoms with Crippen LogP contribution in [-0.2, 0) is 11.2 Å². The van der Waals surface area contributed by atoms with Gasteiger partial charge >= 0.3 is 12.0 Å². The molecule has 116 valence electrons. The second-order valence-corrected chi connectivity index (χ2v) is 6.80. The van der Waals surface area contributed by atoms with E-state index in [-0.39, 0.29) is 18.4 Å². The van der Waals surface area contributed by atoms with Crippen LogP contribution in [0, 0.1) is 11.8 Å². The first-order chi connectivity index (χ1) is 9.94. The van der Waals surface area contributed by atoms with E-state index in [4.69, 9.17) is 5.11 Å². The van der Waals surface area contributed by atoms with Gasteiger partial charge in [-0.05, 0) is 24.7 Å². The van der Waals surface area contributed by atoms with Gasteiger partial charge in [0, 0.05) is 12.5 Å². The van der Waals surface area contributed by atoms with Crippen LogP contribution in [0.5, 0.6) is 0 Å². The maximum absolute atomic E-state index is 11.9. The number of carbonyl (C=O) groups is 2. The first kappa shape index (κ1) is 15.7. The molecular weight excluding hydrogens is 292 g/mol. The quantitative estimate of drug-likeness (QED) is 0.715. The molecule has 21 heavy (non-hydrogen) atoms. The van der Waals surface area contributed by atoms with Gasteiger partial charge in [0.15, 0.2) is 0 Å². The fourth-order valence-electron chi connectivity index (χ4n) is 2.06. The molecule has 1 aromatic rings. The van der Waals surface area contributed by atoms with Gasteiger partial charge in [0.05, 0.1) is 6.42 Å². The van der Waals surface area contributed by atoms with Crippen LogP contribution in [0.15, 0.2) is 0 Å². The normalized spacial score (nSPS) is 15.8. The zero-order valence-electron chi connectivity index (χ0n) is 12.1. The van der Waals surface area contributed by atoms with Crippen LogP contribution in [-0.4, -0.2) is 33.3 Å². The molecule has 1 saturated carbocycles. The van der Waals surface area contributed by atoms with Gasteiger partial charge in [-0.15, -0.1) is 10.2 Å². The summed E-state index contributed by atoms with van der Waals surface area (Å²) in [5.74, 6) is -0.144. The lowest BCUT2D eigenvalue weighted by Crippen LogP contribution is -2.40. The van der Waals surface area contributed by atoms with Crippen LogP contribution < -0.4 is 10.6 Å². The van der Waals surface area contributed by atoms with Crippen molar-refractivity contribution in [3.8, 4) is 0 Å². The fraction of sp³-hybridized carbons (Fsp3) is 0.692. The number of carboxylic acid groups (broad SMARTS) is 1. The number of nitrogens with one attached hydrogen (secondary N) is 2. The highest BCUT2D eigenvalue weighted by atomic mass is 32.1. The molecule has 1 unspecified atom stereocenters. The molecule has 7 nitrogen and oxygen atoms in total. The summed E-state index contributed by atoms with van der Waals surface area (Å²) in [6, 6.07) is -0.731. The van der Waals surface area contributed by atoms with E-state index in [0.717, 1.165) is 24.3 Å². The molecule has 1 aliphatic rings. The molecule has 1 fully saturated rings. The lowest BCUT2D eigenvalue weighted by Gasteiger charge is -2.15. The number of carboxylic acids is 1. The minimum atomic E-state index is -0.901. The van der Waals surface area contributed by atoms with Crippen molar-refractivity contribution < 1.29 is 14.7 Å². The molecule has 1 aromatic heterocycles. The number of anilines is 1. The molecule has 2 amide bonds. The SMILES string of the molecule is CC(C)Cc1nnc(NC(=O)NC(CC(=O)O)C2CC2)s1. The van der Waals surface area contributed by atoms with Crippen molar-refractivity contribution in [1.29, 1.82) is 0 Å². The molecule has 1 atom stereocenters. The maximum atomic E-state index is 11.9. The third-order valence-corrected chi connectivity index (χ3v) is 4.03. The number of nitrogens with zero attached hydrogens (tertiary/aromatic N) is 2. The molecule has 2 rings (SSSR count).